The molecule has 2 heterocycles. The average Bonchev–Trinajstić information content (AvgIpc) is 2.87. The summed E-state index contributed by atoms with van der Waals surface area (Å²) < 4.78 is 7.24. The lowest BCUT2D eigenvalue weighted by atomic mass is 10.1. The highest BCUT2D eigenvalue weighted by molar-refractivity contribution is 5.72. The molecule has 5 nitrogen and oxygen atoms in total. The number of nitrogens with zero attached hydrogens (tertiary/aromatic N) is 4. The van der Waals surface area contributed by atoms with Crippen LogP contribution in [0.25, 0.3) is 22.6 Å². The molecule has 0 fully saturated rings. The highest BCUT2D eigenvalue weighted by Crippen LogP contribution is 2.23. The van der Waals surface area contributed by atoms with Gasteiger partial charge in [-0.3, -0.25) is 0 Å². The molecule has 0 amide bonds. The quantitative estimate of drug-likeness (QED) is 0.733. The molecule has 0 N–H and O–H groups in total. The Hall–Kier alpha value is -2.27. The van der Waals surface area contributed by atoms with Gasteiger partial charge in [0, 0.05) is 19.7 Å². The number of hydrogen-bond donors (Lipinski definition) is 0. The Labute approximate surface area is 117 Å². The molecule has 102 valence electrons. The molecule has 3 rings (SSSR count). The molecule has 0 bridgehead atoms. The van der Waals surface area contributed by atoms with Gasteiger partial charge >= 0.3 is 0 Å². The van der Waals surface area contributed by atoms with E-state index in [9.17, 15) is 0 Å². The molecular formula is C15H16N4O. The van der Waals surface area contributed by atoms with Crippen molar-refractivity contribution in [1.29, 1.82) is 0 Å². The van der Waals surface area contributed by atoms with Crippen molar-refractivity contribution in [3.05, 3.63) is 42.4 Å². The summed E-state index contributed by atoms with van der Waals surface area (Å²) in [6.45, 7) is 2.02. The zero-order valence-electron chi connectivity index (χ0n) is 11.7. The largest absolute Gasteiger partial charge is 0.377 e. The van der Waals surface area contributed by atoms with Gasteiger partial charge in [0.1, 0.15) is 5.52 Å². The number of hydrogen-bond acceptors (Lipinski definition) is 4. The first-order chi connectivity index (χ1) is 9.69. The fourth-order valence-electron chi connectivity index (χ4n) is 2.13. The van der Waals surface area contributed by atoms with Crippen molar-refractivity contribution in [2.24, 2.45) is 7.05 Å². The Balaban J connectivity index is 2.08. The molecule has 0 aliphatic rings. The lowest BCUT2D eigenvalue weighted by Gasteiger charge is -2.10. The van der Waals surface area contributed by atoms with Gasteiger partial charge in [-0.1, -0.05) is 18.2 Å². The average molecular weight is 268 g/mol. The molecule has 20 heavy (non-hydrogen) atoms. The molecule has 1 unspecified atom stereocenters. The molecule has 0 saturated heterocycles. The summed E-state index contributed by atoms with van der Waals surface area (Å²) >= 11 is 0. The smallest absolute Gasteiger partial charge is 0.163 e. The van der Waals surface area contributed by atoms with Crippen LogP contribution in [0.4, 0.5) is 0 Å². The summed E-state index contributed by atoms with van der Waals surface area (Å²) in [6.07, 6.45) is 3.55. The molecule has 3 aromatic rings. The maximum atomic E-state index is 5.35. The second kappa shape index (κ2) is 5.02. The number of benzene rings is 1. The Bertz CT molecular complexity index is 750. The Morgan fingerprint density at radius 3 is 2.90 bits per heavy atom. The van der Waals surface area contributed by atoms with Gasteiger partial charge < -0.3 is 9.30 Å². The second-order valence-electron chi connectivity index (χ2n) is 4.76. The van der Waals surface area contributed by atoms with Gasteiger partial charge in [0.2, 0.25) is 0 Å². The third kappa shape index (κ3) is 2.16. The van der Waals surface area contributed by atoms with Crippen molar-refractivity contribution in [2.45, 2.75) is 13.0 Å². The lowest BCUT2D eigenvalue weighted by molar-refractivity contribution is 0.119. The van der Waals surface area contributed by atoms with Gasteiger partial charge in [-0.15, -0.1) is 0 Å². The third-order valence-electron chi connectivity index (χ3n) is 3.42. The van der Waals surface area contributed by atoms with Crippen LogP contribution in [0.2, 0.25) is 0 Å². The summed E-state index contributed by atoms with van der Waals surface area (Å²) in [7, 11) is 3.63. The van der Waals surface area contributed by atoms with E-state index in [2.05, 4.69) is 21.0 Å². The SMILES string of the molecule is COC(C)c1cccc(-c2ncc3ncn(C)c3n2)c1. The molecule has 1 aromatic carbocycles. The van der Waals surface area contributed by atoms with Crippen LogP contribution < -0.4 is 0 Å². The van der Waals surface area contributed by atoms with Crippen LogP contribution in [-0.4, -0.2) is 26.6 Å². The Kier molecular flexibility index (Phi) is 3.20. The maximum Gasteiger partial charge on any atom is 0.163 e. The fourth-order valence-corrected chi connectivity index (χ4v) is 2.13. The van der Waals surface area contributed by atoms with E-state index in [1.54, 1.807) is 19.6 Å². The van der Waals surface area contributed by atoms with Crippen molar-refractivity contribution in [3.63, 3.8) is 0 Å². The summed E-state index contributed by atoms with van der Waals surface area (Å²) in [5.74, 6) is 0.700. The summed E-state index contributed by atoms with van der Waals surface area (Å²) in [6, 6.07) is 8.10. The number of aromatic nitrogens is 4. The normalized spacial score (nSPS) is 12.8. The lowest BCUT2D eigenvalue weighted by Crippen LogP contribution is -1.97. The van der Waals surface area contributed by atoms with Crippen molar-refractivity contribution in [2.75, 3.05) is 7.11 Å². The number of fused-ring (bicyclic) bond motifs is 1. The summed E-state index contributed by atoms with van der Waals surface area (Å²) in [4.78, 5) is 13.2. The molecule has 0 radical (unpaired) electrons. The minimum atomic E-state index is 0.0513. The number of rotatable bonds is 3. The first kappa shape index (κ1) is 12.7. The van der Waals surface area contributed by atoms with Crippen molar-refractivity contribution >= 4 is 11.2 Å². The maximum absolute atomic E-state index is 5.35. The van der Waals surface area contributed by atoms with E-state index in [4.69, 9.17) is 4.74 Å². The van der Waals surface area contributed by atoms with Crippen LogP contribution >= 0.6 is 0 Å². The minimum Gasteiger partial charge on any atom is -0.377 e. The number of aryl methyl sites for hydroxylation is 1. The van der Waals surface area contributed by atoms with Crippen LogP contribution in [0, 0.1) is 0 Å². The van der Waals surface area contributed by atoms with E-state index in [1.165, 1.54) is 0 Å². The Morgan fingerprint density at radius 1 is 1.25 bits per heavy atom. The van der Waals surface area contributed by atoms with Crippen molar-refractivity contribution in [3.8, 4) is 11.4 Å². The first-order valence-corrected chi connectivity index (χ1v) is 6.46. The van der Waals surface area contributed by atoms with Crippen molar-refractivity contribution < 1.29 is 4.74 Å². The number of methoxy groups -OCH3 is 1. The van der Waals surface area contributed by atoms with Gasteiger partial charge in [0.15, 0.2) is 11.5 Å². The van der Waals surface area contributed by atoms with Gasteiger partial charge in [-0.05, 0) is 18.6 Å². The van der Waals surface area contributed by atoms with Crippen LogP contribution in [0.1, 0.15) is 18.6 Å². The molecule has 0 saturated carbocycles. The zero-order valence-corrected chi connectivity index (χ0v) is 11.7. The van der Waals surface area contributed by atoms with Crippen LogP contribution in [-0.2, 0) is 11.8 Å². The van der Waals surface area contributed by atoms with E-state index < -0.39 is 0 Å². The molecule has 5 heteroatoms. The van der Waals surface area contributed by atoms with E-state index in [0.29, 0.717) is 5.82 Å². The second-order valence-corrected chi connectivity index (χ2v) is 4.76. The molecule has 0 aliphatic heterocycles. The highest BCUT2D eigenvalue weighted by Gasteiger charge is 2.09. The van der Waals surface area contributed by atoms with E-state index in [0.717, 1.165) is 22.3 Å². The standard InChI is InChI=1S/C15H16N4O/c1-10(20-3)11-5-4-6-12(7-11)14-16-8-13-15(18-14)19(2)9-17-13/h4-10H,1-3H3. The first-order valence-electron chi connectivity index (χ1n) is 6.46. The van der Waals surface area contributed by atoms with Gasteiger partial charge in [-0.2, -0.15) is 0 Å². The molecular weight excluding hydrogens is 252 g/mol. The fraction of sp³-hybridized carbons (Fsp3) is 0.267. The van der Waals surface area contributed by atoms with E-state index in [-0.39, 0.29) is 6.10 Å². The zero-order chi connectivity index (χ0) is 14.1. The molecule has 1 atom stereocenters. The molecule has 2 aromatic heterocycles. The number of ether oxygens (including phenoxy) is 1. The molecule has 0 aliphatic carbocycles. The predicted octanol–water partition coefficient (Wildman–Crippen LogP) is 2.74. The monoisotopic (exact) mass is 268 g/mol. The van der Waals surface area contributed by atoms with Crippen LogP contribution in [0.15, 0.2) is 36.8 Å². The van der Waals surface area contributed by atoms with E-state index >= 15 is 0 Å². The summed E-state index contributed by atoms with van der Waals surface area (Å²) in [5.41, 5.74) is 3.73. The number of imidazole rings is 1. The summed E-state index contributed by atoms with van der Waals surface area (Å²) in [5, 5.41) is 0. The van der Waals surface area contributed by atoms with Gasteiger partial charge in [0.05, 0.1) is 18.6 Å². The van der Waals surface area contributed by atoms with Crippen LogP contribution in [0.5, 0.6) is 0 Å². The minimum absolute atomic E-state index is 0.0513. The van der Waals surface area contributed by atoms with Gasteiger partial charge in [-0.25, -0.2) is 15.0 Å². The van der Waals surface area contributed by atoms with E-state index in [1.807, 2.05) is 36.7 Å². The van der Waals surface area contributed by atoms with Gasteiger partial charge in [0.25, 0.3) is 0 Å². The Morgan fingerprint density at radius 2 is 2.10 bits per heavy atom. The molecule has 0 spiro atoms. The van der Waals surface area contributed by atoms with Crippen molar-refractivity contribution in [1.82, 2.24) is 19.5 Å². The van der Waals surface area contributed by atoms with Crippen LogP contribution in [0.3, 0.4) is 0 Å². The third-order valence-corrected chi connectivity index (χ3v) is 3.42. The topological polar surface area (TPSA) is 52.8 Å². The predicted molar refractivity (Wildman–Crippen MR) is 77.2 cm³/mol. The highest BCUT2D eigenvalue weighted by atomic mass is 16.5.